The molecule has 7 N–H and O–H groups in total. The minimum atomic E-state index is -1.00. The van der Waals surface area contributed by atoms with Crippen molar-refractivity contribution in [3.63, 3.8) is 0 Å². The Bertz CT molecular complexity index is 195. The molecule has 2 atom stereocenters. The summed E-state index contributed by atoms with van der Waals surface area (Å²) < 4.78 is 0. The molecule has 0 saturated heterocycles. The number of carboxylic acid groups (broad SMARTS) is 1. The summed E-state index contributed by atoms with van der Waals surface area (Å²) in [4.78, 5) is 10.4. The van der Waals surface area contributed by atoms with E-state index in [0.717, 1.165) is 0 Å². The zero-order chi connectivity index (χ0) is 10.4. The zero-order valence-electron chi connectivity index (χ0n) is 7.58. The second kappa shape index (κ2) is 5.36. The molecule has 0 spiro atoms. The normalized spacial score (nSPS) is 14.6. The van der Waals surface area contributed by atoms with E-state index in [1.54, 1.807) is 0 Å². The van der Waals surface area contributed by atoms with Crippen LogP contribution in [-0.2, 0) is 4.79 Å². The summed E-state index contributed by atoms with van der Waals surface area (Å²) in [5.74, 6) is -1.04. The van der Waals surface area contributed by atoms with Crippen LogP contribution >= 0.6 is 0 Å². The molecule has 0 fully saturated rings. The summed E-state index contributed by atoms with van der Waals surface area (Å²) in [6.07, 6.45) is 0.371. The molecule has 76 valence electrons. The number of hydrogen-bond donors (Lipinski definition) is 5. The molecule has 0 saturated carbocycles. The molecule has 13 heavy (non-hydrogen) atoms. The Balaban J connectivity index is 3.67. The van der Waals surface area contributed by atoms with E-state index in [0.29, 0.717) is 13.0 Å². The summed E-state index contributed by atoms with van der Waals surface area (Å²) in [6.45, 7) is 2.31. The van der Waals surface area contributed by atoms with E-state index in [4.69, 9.17) is 22.0 Å². The van der Waals surface area contributed by atoms with Gasteiger partial charge >= 0.3 is 5.97 Å². The van der Waals surface area contributed by atoms with Crippen molar-refractivity contribution in [1.29, 1.82) is 5.41 Å². The first-order valence-corrected chi connectivity index (χ1v) is 3.99. The Kier molecular flexibility index (Phi) is 4.83. The third kappa shape index (κ3) is 5.92. The molecule has 6 nitrogen and oxygen atoms in total. The van der Waals surface area contributed by atoms with Crippen LogP contribution in [-0.4, -0.2) is 29.6 Å². The summed E-state index contributed by atoms with van der Waals surface area (Å²) in [6, 6.07) is -0.844. The van der Waals surface area contributed by atoms with Crippen molar-refractivity contribution in [2.45, 2.75) is 19.4 Å². The number of nitrogens with one attached hydrogen (secondary N) is 2. The Labute approximate surface area is 76.8 Å². The Morgan fingerprint density at radius 2 is 2.23 bits per heavy atom. The van der Waals surface area contributed by atoms with Crippen LogP contribution in [0.25, 0.3) is 0 Å². The van der Waals surface area contributed by atoms with E-state index in [2.05, 4.69) is 5.32 Å². The minimum absolute atomic E-state index is 0.0787. The lowest BCUT2D eigenvalue weighted by molar-refractivity contribution is -0.138. The molecule has 0 aromatic heterocycles. The SMILES string of the molecule is CC(CNC(=N)N)C[C@H](N)C(=O)O. The third-order valence-electron chi connectivity index (χ3n) is 1.61. The van der Waals surface area contributed by atoms with E-state index in [1.165, 1.54) is 0 Å². The van der Waals surface area contributed by atoms with Gasteiger partial charge in [-0.05, 0) is 12.3 Å². The highest BCUT2D eigenvalue weighted by Crippen LogP contribution is 2.02. The van der Waals surface area contributed by atoms with Gasteiger partial charge in [0.2, 0.25) is 0 Å². The summed E-state index contributed by atoms with van der Waals surface area (Å²) in [5, 5.41) is 18.0. The highest BCUT2D eigenvalue weighted by atomic mass is 16.4. The molecule has 0 aromatic rings. The molecule has 0 aliphatic heterocycles. The van der Waals surface area contributed by atoms with Crippen LogP contribution in [0.5, 0.6) is 0 Å². The fourth-order valence-corrected chi connectivity index (χ4v) is 0.902. The van der Waals surface area contributed by atoms with Crippen molar-refractivity contribution in [2.75, 3.05) is 6.54 Å². The number of hydrogen-bond acceptors (Lipinski definition) is 3. The largest absolute Gasteiger partial charge is 0.480 e. The molecule has 0 rings (SSSR count). The van der Waals surface area contributed by atoms with Gasteiger partial charge in [-0.1, -0.05) is 6.92 Å². The number of guanidine groups is 1. The highest BCUT2D eigenvalue weighted by molar-refractivity contribution is 5.74. The van der Waals surface area contributed by atoms with E-state index in [-0.39, 0.29) is 11.9 Å². The topological polar surface area (TPSA) is 125 Å². The third-order valence-corrected chi connectivity index (χ3v) is 1.61. The number of carbonyl (C=O) groups is 1. The van der Waals surface area contributed by atoms with Crippen molar-refractivity contribution >= 4 is 11.9 Å². The second-order valence-electron chi connectivity index (χ2n) is 3.08. The van der Waals surface area contributed by atoms with Crippen molar-refractivity contribution in [3.8, 4) is 0 Å². The first-order chi connectivity index (χ1) is 5.93. The van der Waals surface area contributed by atoms with Crippen molar-refractivity contribution in [1.82, 2.24) is 5.32 Å². The number of nitrogens with two attached hydrogens (primary N) is 2. The number of aliphatic carboxylic acids is 1. The molecule has 0 radical (unpaired) electrons. The molecule has 0 amide bonds. The van der Waals surface area contributed by atoms with Crippen molar-refractivity contribution in [2.24, 2.45) is 17.4 Å². The molecule has 0 bridgehead atoms. The van der Waals surface area contributed by atoms with Crippen LogP contribution < -0.4 is 16.8 Å². The summed E-state index contributed by atoms with van der Waals surface area (Å²) >= 11 is 0. The Morgan fingerprint density at radius 3 is 2.62 bits per heavy atom. The summed E-state index contributed by atoms with van der Waals surface area (Å²) in [7, 11) is 0. The predicted octanol–water partition coefficient (Wildman–Crippen LogP) is -1.09. The lowest BCUT2D eigenvalue weighted by atomic mass is 10.0. The lowest BCUT2D eigenvalue weighted by Crippen LogP contribution is -2.37. The summed E-state index contributed by atoms with van der Waals surface area (Å²) in [5.41, 5.74) is 10.4. The van der Waals surface area contributed by atoms with Gasteiger partial charge in [-0.2, -0.15) is 0 Å². The van der Waals surface area contributed by atoms with Crippen LogP contribution in [0, 0.1) is 11.3 Å². The van der Waals surface area contributed by atoms with Gasteiger partial charge in [-0.15, -0.1) is 0 Å². The lowest BCUT2D eigenvalue weighted by Gasteiger charge is -2.14. The van der Waals surface area contributed by atoms with Gasteiger partial charge in [-0.25, -0.2) is 0 Å². The van der Waals surface area contributed by atoms with E-state index in [9.17, 15) is 4.79 Å². The Hall–Kier alpha value is -1.30. The molecule has 0 aromatic carbocycles. The van der Waals surface area contributed by atoms with Crippen LogP contribution in [0.3, 0.4) is 0 Å². The highest BCUT2D eigenvalue weighted by Gasteiger charge is 2.15. The maximum absolute atomic E-state index is 10.4. The quantitative estimate of drug-likeness (QED) is 0.277. The van der Waals surface area contributed by atoms with Gasteiger partial charge in [0.1, 0.15) is 6.04 Å². The number of carboxylic acids is 1. The van der Waals surface area contributed by atoms with Gasteiger partial charge < -0.3 is 21.9 Å². The van der Waals surface area contributed by atoms with Gasteiger partial charge in [0.25, 0.3) is 0 Å². The molecule has 6 heteroatoms. The number of rotatable bonds is 5. The molecular weight excluding hydrogens is 172 g/mol. The smallest absolute Gasteiger partial charge is 0.320 e. The monoisotopic (exact) mass is 188 g/mol. The van der Waals surface area contributed by atoms with Crippen LogP contribution in [0.15, 0.2) is 0 Å². The van der Waals surface area contributed by atoms with Gasteiger partial charge in [0, 0.05) is 6.54 Å². The average Bonchev–Trinajstić information content (AvgIpc) is 2.00. The van der Waals surface area contributed by atoms with Crippen LogP contribution in [0.4, 0.5) is 0 Å². The van der Waals surface area contributed by atoms with Gasteiger partial charge in [-0.3, -0.25) is 10.2 Å². The fraction of sp³-hybridized carbons (Fsp3) is 0.714. The fourth-order valence-electron chi connectivity index (χ4n) is 0.902. The molecule has 1 unspecified atom stereocenters. The zero-order valence-corrected chi connectivity index (χ0v) is 7.58. The van der Waals surface area contributed by atoms with E-state index in [1.807, 2.05) is 6.92 Å². The standard InChI is InChI=1S/C7H16N4O2/c1-4(3-11-7(9)10)2-5(8)6(12)13/h4-5H,2-3,8H2,1H3,(H,12,13)(H4,9,10,11)/t4?,5-/m0/s1. The van der Waals surface area contributed by atoms with Crippen molar-refractivity contribution in [3.05, 3.63) is 0 Å². The first-order valence-electron chi connectivity index (χ1n) is 3.99. The maximum atomic E-state index is 10.4. The molecule has 0 aliphatic carbocycles. The van der Waals surface area contributed by atoms with Crippen LogP contribution in [0.2, 0.25) is 0 Å². The molecule has 0 aliphatic rings. The van der Waals surface area contributed by atoms with E-state index >= 15 is 0 Å². The van der Waals surface area contributed by atoms with Gasteiger partial charge in [0.15, 0.2) is 5.96 Å². The average molecular weight is 188 g/mol. The van der Waals surface area contributed by atoms with Gasteiger partial charge in [0.05, 0.1) is 0 Å². The second-order valence-corrected chi connectivity index (χ2v) is 3.08. The molecular formula is C7H16N4O2. The molecule has 0 heterocycles. The first kappa shape index (κ1) is 11.7. The predicted molar refractivity (Wildman–Crippen MR) is 49.3 cm³/mol. The van der Waals surface area contributed by atoms with Crippen molar-refractivity contribution < 1.29 is 9.90 Å². The Morgan fingerprint density at radius 1 is 1.69 bits per heavy atom. The maximum Gasteiger partial charge on any atom is 0.320 e. The minimum Gasteiger partial charge on any atom is -0.480 e. The van der Waals surface area contributed by atoms with Crippen LogP contribution in [0.1, 0.15) is 13.3 Å². The van der Waals surface area contributed by atoms with E-state index < -0.39 is 12.0 Å².